The zero-order chi connectivity index (χ0) is 13.1. The zero-order valence-electron chi connectivity index (χ0n) is 9.61. The molecule has 0 fully saturated rings. The van der Waals surface area contributed by atoms with Crippen LogP contribution in [-0.4, -0.2) is 5.78 Å². The van der Waals surface area contributed by atoms with E-state index in [1.54, 1.807) is 0 Å². The van der Waals surface area contributed by atoms with Gasteiger partial charge in [-0.25, -0.2) is 8.78 Å². The minimum atomic E-state index is -0.637. The number of rotatable bonds is 3. The van der Waals surface area contributed by atoms with Gasteiger partial charge in [0.25, 0.3) is 0 Å². The maximum Gasteiger partial charge on any atom is 0.166 e. The summed E-state index contributed by atoms with van der Waals surface area (Å²) in [7, 11) is 0. The average molecular weight is 248 g/mol. The Kier molecular flexibility index (Phi) is 3.37. The first-order valence-corrected chi connectivity index (χ1v) is 5.31. The predicted octanol–water partition coefficient (Wildman–Crippen LogP) is 3.96. The van der Waals surface area contributed by atoms with Gasteiger partial charge in [0.05, 0.1) is 5.56 Å². The van der Waals surface area contributed by atoms with Crippen LogP contribution in [0.3, 0.4) is 0 Å². The lowest BCUT2D eigenvalue weighted by atomic mass is 10.1. The number of hydrogen-bond donors (Lipinski definition) is 0. The fourth-order valence-corrected chi connectivity index (χ4v) is 1.56. The number of ether oxygens (including phenoxy) is 1. The highest BCUT2D eigenvalue weighted by Crippen LogP contribution is 2.27. The second-order valence-electron chi connectivity index (χ2n) is 3.73. The maximum atomic E-state index is 13.5. The first-order valence-electron chi connectivity index (χ1n) is 5.31. The van der Waals surface area contributed by atoms with E-state index in [2.05, 4.69) is 0 Å². The number of benzene rings is 2. The molecular weight excluding hydrogens is 238 g/mol. The molecule has 0 aromatic heterocycles. The third-order valence-electron chi connectivity index (χ3n) is 2.37. The van der Waals surface area contributed by atoms with E-state index in [-0.39, 0.29) is 11.3 Å². The molecule has 4 heteroatoms. The van der Waals surface area contributed by atoms with Gasteiger partial charge in [-0.1, -0.05) is 6.07 Å². The van der Waals surface area contributed by atoms with Crippen molar-refractivity contribution >= 4 is 5.78 Å². The average Bonchev–Trinajstić information content (AvgIpc) is 2.32. The summed E-state index contributed by atoms with van der Waals surface area (Å²) in [5, 5.41) is 0. The highest BCUT2D eigenvalue weighted by molar-refractivity contribution is 5.97. The Bertz CT molecular complexity index is 577. The lowest BCUT2D eigenvalue weighted by Crippen LogP contribution is -2.00. The largest absolute Gasteiger partial charge is 0.456 e. The smallest absolute Gasteiger partial charge is 0.166 e. The Morgan fingerprint density at radius 2 is 1.72 bits per heavy atom. The Morgan fingerprint density at radius 3 is 2.33 bits per heavy atom. The molecule has 0 aliphatic heterocycles. The van der Waals surface area contributed by atoms with Crippen LogP contribution in [0.25, 0.3) is 0 Å². The van der Waals surface area contributed by atoms with Crippen molar-refractivity contribution in [3.8, 4) is 11.5 Å². The van der Waals surface area contributed by atoms with Gasteiger partial charge in [0, 0.05) is 0 Å². The summed E-state index contributed by atoms with van der Waals surface area (Å²) in [6.45, 7) is 1.26. The summed E-state index contributed by atoms with van der Waals surface area (Å²) in [5.74, 6) is -1.00. The van der Waals surface area contributed by atoms with E-state index in [0.717, 1.165) is 0 Å². The van der Waals surface area contributed by atoms with Crippen molar-refractivity contribution in [1.29, 1.82) is 0 Å². The molecule has 0 radical (unpaired) electrons. The van der Waals surface area contributed by atoms with Crippen molar-refractivity contribution in [2.75, 3.05) is 0 Å². The van der Waals surface area contributed by atoms with Gasteiger partial charge >= 0.3 is 0 Å². The van der Waals surface area contributed by atoms with Crippen molar-refractivity contribution in [2.45, 2.75) is 6.92 Å². The predicted molar refractivity (Wildman–Crippen MR) is 62.9 cm³/mol. The lowest BCUT2D eigenvalue weighted by molar-refractivity contribution is 0.101. The van der Waals surface area contributed by atoms with E-state index < -0.39 is 17.4 Å². The summed E-state index contributed by atoms with van der Waals surface area (Å²) in [6, 6.07) is 9.39. The van der Waals surface area contributed by atoms with Crippen molar-refractivity contribution < 1.29 is 18.3 Å². The molecule has 0 aliphatic carbocycles. The first kappa shape index (κ1) is 12.2. The highest BCUT2D eigenvalue weighted by atomic mass is 19.1. The van der Waals surface area contributed by atoms with Gasteiger partial charge in [0.1, 0.15) is 23.1 Å². The number of carbonyl (C=O) groups is 1. The monoisotopic (exact) mass is 248 g/mol. The molecule has 0 saturated heterocycles. The van der Waals surface area contributed by atoms with Crippen LogP contribution in [0, 0.1) is 11.6 Å². The van der Waals surface area contributed by atoms with E-state index in [9.17, 15) is 13.6 Å². The SMILES string of the molecule is CC(=O)c1c(F)cccc1Oc1ccc(F)cc1. The first-order chi connectivity index (χ1) is 8.58. The fourth-order valence-electron chi connectivity index (χ4n) is 1.56. The van der Waals surface area contributed by atoms with Crippen molar-refractivity contribution in [2.24, 2.45) is 0 Å². The minimum Gasteiger partial charge on any atom is -0.456 e. The molecule has 0 heterocycles. The van der Waals surface area contributed by atoms with Crippen LogP contribution in [-0.2, 0) is 0 Å². The van der Waals surface area contributed by atoms with E-state index in [1.165, 1.54) is 49.4 Å². The molecule has 2 nitrogen and oxygen atoms in total. The molecule has 2 aromatic carbocycles. The molecular formula is C14H10F2O2. The van der Waals surface area contributed by atoms with Gasteiger partial charge in [-0.05, 0) is 43.3 Å². The lowest BCUT2D eigenvalue weighted by Gasteiger charge is -2.09. The van der Waals surface area contributed by atoms with Gasteiger partial charge in [-0.15, -0.1) is 0 Å². The van der Waals surface area contributed by atoms with Crippen LogP contribution in [0.2, 0.25) is 0 Å². The van der Waals surface area contributed by atoms with Crippen LogP contribution in [0.1, 0.15) is 17.3 Å². The summed E-state index contributed by atoms with van der Waals surface area (Å²) in [6.07, 6.45) is 0. The van der Waals surface area contributed by atoms with Crippen LogP contribution in [0.15, 0.2) is 42.5 Å². The summed E-state index contributed by atoms with van der Waals surface area (Å²) in [5.41, 5.74) is -0.109. The second kappa shape index (κ2) is 4.96. The standard InChI is InChI=1S/C14H10F2O2/c1-9(17)14-12(16)3-2-4-13(14)18-11-7-5-10(15)6-8-11/h2-8H,1H3. The third-order valence-corrected chi connectivity index (χ3v) is 2.37. The molecule has 0 saturated carbocycles. The normalized spacial score (nSPS) is 10.2. The molecule has 0 atom stereocenters. The maximum absolute atomic E-state index is 13.5. The molecule has 2 aromatic rings. The summed E-state index contributed by atoms with van der Waals surface area (Å²) >= 11 is 0. The molecule has 0 amide bonds. The molecule has 0 bridgehead atoms. The van der Waals surface area contributed by atoms with Crippen LogP contribution < -0.4 is 4.74 Å². The molecule has 18 heavy (non-hydrogen) atoms. The Morgan fingerprint density at radius 1 is 1.06 bits per heavy atom. The second-order valence-corrected chi connectivity index (χ2v) is 3.73. The van der Waals surface area contributed by atoms with Crippen LogP contribution in [0.5, 0.6) is 11.5 Å². The molecule has 0 unspecified atom stereocenters. The van der Waals surface area contributed by atoms with E-state index in [0.29, 0.717) is 5.75 Å². The van der Waals surface area contributed by atoms with Crippen LogP contribution in [0.4, 0.5) is 8.78 Å². The highest BCUT2D eigenvalue weighted by Gasteiger charge is 2.14. The molecule has 2 rings (SSSR count). The Labute approximate surface area is 103 Å². The summed E-state index contributed by atoms with van der Waals surface area (Å²) < 4.78 is 31.6. The molecule has 0 spiro atoms. The Hall–Kier alpha value is -2.23. The third kappa shape index (κ3) is 2.53. The molecule has 92 valence electrons. The number of hydrogen-bond acceptors (Lipinski definition) is 2. The van der Waals surface area contributed by atoms with Gasteiger partial charge in [0.2, 0.25) is 0 Å². The number of halogens is 2. The minimum absolute atomic E-state index is 0.109. The topological polar surface area (TPSA) is 26.3 Å². The quantitative estimate of drug-likeness (QED) is 0.768. The van der Waals surface area contributed by atoms with Crippen molar-refractivity contribution in [3.63, 3.8) is 0 Å². The number of carbonyl (C=O) groups excluding carboxylic acids is 1. The van der Waals surface area contributed by atoms with Crippen molar-refractivity contribution in [1.82, 2.24) is 0 Å². The molecule has 0 N–H and O–H groups in total. The molecule has 0 aliphatic rings. The van der Waals surface area contributed by atoms with E-state index in [4.69, 9.17) is 4.74 Å². The fraction of sp³-hybridized carbons (Fsp3) is 0.0714. The zero-order valence-corrected chi connectivity index (χ0v) is 9.61. The van der Waals surface area contributed by atoms with Gasteiger partial charge < -0.3 is 4.74 Å². The number of Topliss-reactive ketones (excluding diaryl/α,β-unsaturated/α-hetero) is 1. The van der Waals surface area contributed by atoms with Gasteiger partial charge in [-0.2, -0.15) is 0 Å². The summed E-state index contributed by atoms with van der Waals surface area (Å²) in [4.78, 5) is 11.4. The Balaban J connectivity index is 2.37. The van der Waals surface area contributed by atoms with Crippen molar-refractivity contribution in [3.05, 3.63) is 59.7 Å². The van der Waals surface area contributed by atoms with Crippen LogP contribution >= 0.6 is 0 Å². The van der Waals surface area contributed by atoms with Gasteiger partial charge in [0.15, 0.2) is 5.78 Å². The van der Waals surface area contributed by atoms with E-state index in [1.807, 2.05) is 0 Å². The van der Waals surface area contributed by atoms with Gasteiger partial charge in [-0.3, -0.25) is 4.79 Å². The van der Waals surface area contributed by atoms with E-state index >= 15 is 0 Å². The number of ketones is 1.